The molecule has 0 aromatic heterocycles. The number of hydrogen-bond acceptors (Lipinski definition) is 3. The molecule has 1 N–H and O–H groups in total. The molecule has 0 radical (unpaired) electrons. The van der Waals surface area contributed by atoms with Gasteiger partial charge < -0.3 is 15.0 Å². The molecular weight excluding hydrogens is 492 g/mol. The van der Waals surface area contributed by atoms with Crippen molar-refractivity contribution in [2.24, 2.45) is 0 Å². The second kappa shape index (κ2) is 12.9. The number of ether oxygens (including phenoxy) is 1. The fourth-order valence-electron chi connectivity index (χ4n) is 3.61. The smallest absolute Gasteiger partial charge is 0.258 e. The molecule has 5 nitrogen and oxygen atoms in total. The fourth-order valence-corrected chi connectivity index (χ4v) is 4.10. The lowest BCUT2D eigenvalue weighted by molar-refractivity contribution is 0.0985. The van der Waals surface area contributed by atoms with Crippen LogP contribution in [-0.2, 0) is 0 Å². The van der Waals surface area contributed by atoms with E-state index in [0.717, 1.165) is 28.8 Å². The summed E-state index contributed by atoms with van der Waals surface area (Å²) in [6, 6.07) is 21.8. The number of halogens is 1. The van der Waals surface area contributed by atoms with Gasteiger partial charge in [0.2, 0.25) is 0 Å². The standard InChI is InChI=1S/C28H31BrN2O3/c1-3-5-6-10-18-34-26-17-16-21(20-25(26)29)27(32)30-23-13-11-12-22(19-23)28(33)31(4-2)24-14-8-7-9-15-24/h7-9,11-17,19-20H,3-6,10,18H2,1-2H3,(H,30,32). The zero-order chi connectivity index (χ0) is 24.3. The van der Waals surface area contributed by atoms with Crippen molar-refractivity contribution in [1.82, 2.24) is 0 Å². The maximum absolute atomic E-state index is 13.1. The van der Waals surface area contributed by atoms with Gasteiger partial charge in [0.25, 0.3) is 11.8 Å². The molecule has 0 aliphatic rings. The highest BCUT2D eigenvalue weighted by Gasteiger charge is 2.17. The lowest BCUT2D eigenvalue weighted by Gasteiger charge is -2.21. The zero-order valence-corrected chi connectivity index (χ0v) is 21.3. The van der Waals surface area contributed by atoms with Gasteiger partial charge in [-0.05, 0) is 77.8 Å². The molecule has 0 aliphatic carbocycles. The van der Waals surface area contributed by atoms with Gasteiger partial charge in [0.1, 0.15) is 5.75 Å². The topological polar surface area (TPSA) is 58.6 Å². The van der Waals surface area contributed by atoms with Crippen LogP contribution in [-0.4, -0.2) is 25.0 Å². The van der Waals surface area contributed by atoms with Crippen LogP contribution in [0.25, 0.3) is 0 Å². The molecule has 3 aromatic rings. The highest BCUT2D eigenvalue weighted by Crippen LogP contribution is 2.27. The lowest BCUT2D eigenvalue weighted by atomic mass is 10.1. The van der Waals surface area contributed by atoms with E-state index < -0.39 is 0 Å². The van der Waals surface area contributed by atoms with E-state index in [9.17, 15) is 9.59 Å². The number of unbranched alkanes of at least 4 members (excludes halogenated alkanes) is 3. The maximum Gasteiger partial charge on any atom is 0.258 e. The molecule has 0 saturated carbocycles. The van der Waals surface area contributed by atoms with Crippen LogP contribution in [0.3, 0.4) is 0 Å². The average Bonchev–Trinajstić information content (AvgIpc) is 2.86. The second-order valence-electron chi connectivity index (χ2n) is 7.97. The molecule has 0 aliphatic heterocycles. The van der Waals surface area contributed by atoms with Crippen LogP contribution in [0, 0.1) is 0 Å². The monoisotopic (exact) mass is 522 g/mol. The van der Waals surface area contributed by atoms with Gasteiger partial charge in [-0.1, -0.05) is 50.5 Å². The third-order valence-corrected chi connectivity index (χ3v) is 6.07. The molecule has 0 bridgehead atoms. The first-order valence-electron chi connectivity index (χ1n) is 11.7. The number of amides is 2. The highest BCUT2D eigenvalue weighted by molar-refractivity contribution is 9.10. The average molecular weight is 523 g/mol. The number of hydrogen-bond donors (Lipinski definition) is 1. The number of carbonyl (C=O) groups is 2. The van der Waals surface area contributed by atoms with Crippen LogP contribution in [0.1, 0.15) is 60.2 Å². The van der Waals surface area contributed by atoms with Crippen LogP contribution in [0.2, 0.25) is 0 Å². The van der Waals surface area contributed by atoms with Crippen LogP contribution in [0.4, 0.5) is 11.4 Å². The third-order valence-electron chi connectivity index (χ3n) is 5.45. The molecule has 2 amide bonds. The van der Waals surface area contributed by atoms with E-state index in [-0.39, 0.29) is 11.8 Å². The minimum Gasteiger partial charge on any atom is -0.492 e. The van der Waals surface area contributed by atoms with Gasteiger partial charge in [0.05, 0.1) is 11.1 Å². The predicted molar refractivity (Wildman–Crippen MR) is 142 cm³/mol. The first kappa shape index (κ1) is 25.5. The van der Waals surface area contributed by atoms with Gasteiger partial charge in [-0.15, -0.1) is 0 Å². The summed E-state index contributed by atoms with van der Waals surface area (Å²) in [5.74, 6) is 0.351. The first-order valence-corrected chi connectivity index (χ1v) is 12.5. The molecule has 0 unspecified atom stereocenters. The van der Waals surface area contributed by atoms with E-state index in [0.29, 0.717) is 30.0 Å². The maximum atomic E-state index is 13.1. The third kappa shape index (κ3) is 6.94. The number of anilines is 2. The molecule has 6 heteroatoms. The predicted octanol–water partition coefficient (Wildman–Crippen LogP) is 7.33. The van der Waals surface area contributed by atoms with Crippen molar-refractivity contribution in [2.45, 2.75) is 39.5 Å². The van der Waals surface area contributed by atoms with Gasteiger partial charge in [-0.3, -0.25) is 9.59 Å². The molecule has 0 heterocycles. The molecule has 3 rings (SSSR count). The molecule has 3 aromatic carbocycles. The van der Waals surface area contributed by atoms with Gasteiger partial charge in [0, 0.05) is 29.0 Å². The van der Waals surface area contributed by atoms with E-state index in [1.807, 2.05) is 37.3 Å². The Bertz CT molecular complexity index is 1100. The van der Waals surface area contributed by atoms with Crippen molar-refractivity contribution < 1.29 is 14.3 Å². The number of para-hydroxylation sites is 1. The summed E-state index contributed by atoms with van der Waals surface area (Å²) in [7, 11) is 0. The second-order valence-corrected chi connectivity index (χ2v) is 8.83. The van der Waals surface area contributed by atoms with Crippen molar-refractivity contribution in [3.8, 4) is 5.75 Å². The number of rotatable bonds is 11. The molecule has 0 fully saturated rings. The SMILES string of the molecule is CCCCCCOc1ccc(C(=O)Nc2cccc(C(=O)N(CC)c3ccccc3)c2)cc1Br. The van der Waals surface area contributed by atoms with Gasteiger partial charge in [-0.25, -0.2) is 0 Å². The Morgan fingerprint density at radius 2 is 1.68 bits per heavy atom. The van der Waals surface area contributed by atoms with Crippen LogP contribution >= 0.6 is 15.9 Å². The van der Waals surface area contributed by atoms with Crippen LogP contribution in [0.15, 0.2) is 77.3 Å². The molecule has 34 heavy (non-hydrogen) atoms. The van der Waals surface area contributed by atoms with Crippen molar-refractivity contribution in [3.05, 3.63) is 88.4 Å². The summed E-state index contributed by atoms with van der Waals surface area (Å²) in [6.07, 6.45) is 4.56. The zero-order valence-electron chi connectivity index (χ0n) is 19.7. The minimum absolute atomic E-state index is 0.118. The molecular formula is C28H31BrN2O3. The highest BCUT2D eigenvalue weighted by atomic mass is 79.9. The Hall–Kier alpha value is -3.12. The van der Waals surface area contributed by atoms with E-state index in [1.165, 1.54) is 12.8 Å². The Morgan fingerprint density at radius 3 is 2.38 bits per heavy atom. The summed E-state index contributed by atoms with van der Waals surface area (Å²) >= 11 is 3.51. The lowest BCUT2D eigenvalue weighted by Crippen LogP contribution is -2.30. The quantitative estimate of drug-likeness (QED) is 0.268. The number of carbonyl (C=O) groups excluding carboxylic acids is 2. The summed E-state index contributed by atoms with van der Waals surface area (Å²) in [5.41, 5.74) is 2.41. The molecule has 0 atom stereocenters. The Balaban J connectivity index is 1.66. The van der Waals surface area contributed by atoms with E-state index >= 15 is 0 Å². The molecule has 0 spiro atoms. The summed E-state index contributed by atoms with van der Waals surface area (Å²) < 4.78 is 6.56. The van der Waals surface area contributed by atoms with Crippen molar-refractivity contribution in [2.75, 3.05) is 23.4 Å². The Labute approximate surface area is 210 Å². The first-order chi connectivity index (χ1) is 16.5. The van der Waals surface area contributed by atoms with Crippen molar-refractivity contribution >= 4 is 39.1 Å². The summed E-state index contributed by atoms with van der Waals surface area (Å²) in [6.45, 7) is 5.32. The molecule has 178 valence electrons. The largest absolute Gasteiger partial charge is 0.492 e. The summed E-state index contributed by atoms with van der Waals surface area (Å²) in [5, 5.41) is 2.89. The van der Waals surface area contributed by atoms with Gasteiger partial charge in [-0.2, -0.15) is 0 Å². The number of nitrogens with one attached hydrogen (secondary N) is 1. The van der Waals surface area contributed by atoms with Crippen LogP contribution in [0.5, 0.6) is 5.75 Å². The van der Waals surface area contributed by atoms with Gasteiger partial charge >= 0.3 is 0 Å². The van der Waals surface area contributed by atoms with Gasteiger partial charge in [0.15, 0.2) is 0 Å². The van der Waals surface area contributed by atoms with Crippen molar-refractivity contribution in [1.29, 1.82) is 0 Å². The van der Waals surface area contributed by atoms with Crippen LogP contribution < -0.4 is 15.0 Å². The summed E-state index contributed by atoms with van der Waals surface area (Å²) in [4.78, 5) is 27.6. The fraction of sp³-hybridized carbons (Fsp3) is 0.286. The Morgan fingerprint density at radius 1 is 0.882 bits per heavy atom. The minimum atomic E-state index is -0.254. The van der Waals surface area contributed by atoms with E-state index in [1.54, 1.807) is 47.4 Å². The number of benzene rings is 3. The van der Waals surface area contributed by atoms with Crippen molar-refractivity contribution in [3.63, 3.8) is 0 Å². The Kier molecular flexibility index (Phi) is 9.71. The van der Waals surface area contributed by atoms with E-state index in [4.69, 9.17) is 4.74 Å². The molecule has 0 saturated heterocycles. The number of nitrogens with zero attached hydrogens (tertiary/aromatic N) is 1. The van der Waals surface area contributed by atoms with E-state index in [2.05, 4.69) is 28.2 Å². The normalized spacial score (nSPS) is 10.6.